The number of anilines is 2. The molecule has 1 aromatic heterocycles. The summed E-state index contributed by atoms with van der Waals surface area (Å²) in [6.45, 7) is 0.427. The van der Waals surface area contributed by atoms with Gasteiger partial charge in [0.25, 0.3) is 0 Å². The first-order chi connectivity index (χ1) is 8.77. The number of fused-ring (bicyclic) bond motifs is 1. The molecule has 0 atom stereocenters. The van der Waals surface area contributed by atoms with Crippen LogP contribution < -0.4 is 10.2 Å². The minimum atomic E-state index is -0.241. The Morgan fingerprint density at radius 1 is 1.33 bits per heavy atom. The summed E-state index contributed by atoms with van der Waals surface area (Å²) in [6.07, 6.45) is 3.10. The quantitative estimate of drug-likeness (QED) is 0.857. The summed E-state index contributed by atoms with van der Waals surface area (Å²) in [5.41, 5.74) is 1.47. The molecule has 3 rings (SSSR count). The maximum absolute atomic E-state index is 12.0. The molecule has 0 radical (unpaired) electrons. The van der Waals surface area contributed by atoms with Gasteiger partial charge in [-0.2, -0.15) is 0 Å². The fourth-order valence-corrected chi connectivity index (χ4v) is 2.10. The third-order valence-corrected chi connectivity index (χ3v) is 3.02. The van der Waals surface area contributed by atoms with Gasteiger partial charge in [0, 0.05) is 18.3 Å². The average molecular weight is 261 g/mol. The number of aromatic nitrogens is 2. The van der Waals surface area contributed by atoms with Gasteiger partial charge in [-0.05, 0) is 12.1 Å². The van der Waals surface area contributed by atoms with Gasteiger partial charge < -0.3 is 5.32 Å². The average Bonchev–Trinajstić information content (AvgIpc) is 2.40. The van der Waals surface area contributed by atoms with Crippen LogP contribution in [0.4, 0.5) is 16.3 Å². The molecule has 0 aliphatic carbocycles. The minimum absolute atomic E-state index is 0.241. The largest absolute Gasteiger partial charge is 0.333 e. The molecule has 5 nitrogen and oxygen atoms in total. The second-order valence-corrected chi connectivity index (χ2v) is 4.22. The molecule has 1 N–H and O–H groups in total. The zero-order chi connectivity index (χ0) is 12.5. The first-order valence-electron chi connectivity index (χ1n) is 5.39. The van der Waals surface area contributed by atoms with Crippen molar-refractivity contribution in [3.05, 3.63) is 47.4 Å². The number of hydrogen-bond acceptors (Lipinski definition) is 3. The van der Waals surface area contributed by atoms with Crippen molar-refractivity contribution in [3.63, 3.8) is 0 Å². The van der Waals surface area contributed by atoms with E-state index in [1.54, 1.807) is 18.3 Å². The Hall–Kier alpha value is -2.14. The molecule has 2 aromatic rings. The van der Waals surface area contributed by atoms with Crippen LogP contribution >= 0.6 is 11.6 Å². The van der Waals surface area contributed by atoms with Gasteiger partial charge in [-0.1, -0.05) is 23.7 Å². The van der Waals surface area contributed by atoms with Gasteiger partial charge in [0.05, 0.1) is 10.7 Å². The molecule has 6 heteroatoms. The van der Waals surface area contributed by atoms with Gasteiger partial charge in [0.15, 0.2) is 0 Å². The third-order valence-electron chi connectivity index (χ3n) is 2.70. The fourth-order valence-electron chi connectivity index (χ4n) is 1.88. The van der Waals surface area contributed by atoms with Crippen molar-refractivity contribution in [2.45, 2.75) is 6.54 Å². The zero-order valence-corrected chi connectivity index (χ0v) is 10.1. The zero-order valence-electron chi connectivity index (χ0n) is 9.30. The molecule has 0 saturated carbocycles. The Kier molecular flexibility index (Phi) is 2.60. The summed E-state index contributed by atoms with van der Waals surface area (Å²) in [4.78, 5) is 21.6. The van der Waals surface area contributed by atoms with Gasteiger partial charge >= 0.3 is 6.03 Å². The molecule has 0 saturated heterocycles. The summed E-state index contributed by atoms with van der Waals surface area (Å²) in [7, 11) is 0. The van der Waals surface area contributed by atoms with Gasteiger partial charge in [0.2, 0.25) is 0 Å². The predicted molar refractivity (Wildman–Crippen MR) is 67.9 cm³/mol. The van der Waals surface area contributed by atoms with Crippen molar-refractivity contribution < 1.29 is 4.79 Å². The first-order valence-corrected chi connectivity index (χ1v) is 5.76. The van der Waals surface area contributed by atoms with Crippen LogP contribution in [0, 0.1) is 0 Å². The highest BCUT2D eigenvalue weighted by atomic mass is 35.5. The van der Waals surface area contributed by atoms with Crippen molar-refractivity contribution >= 4 is 29.1 Å². The van der Waals surface area contributed by atoms with E-state index < -0.39 is 0 Å². The molecule has 1 aromatic carbocycles. The maximum atomic E-state index is 12.0. The smallest absolute Gasteiger partial charge is 0.328 e. The Bertz CT molecular complexity index is 617. The van der Waals surface area contributed by atoms with Crippen molar-refractivity contribution in [1.82, 2.24) is 15.3 Å². The molecular weight excluding hydrogens is 252 g/mol. The number of amides is 2. The summed E-state index contributed by atoms with van der Waals surface area (Å²) in [6, 6.07) is 6.91. The van der Waals surface area contributed by atoms with E-state index in [9.17, 15) is 4.79 Å². The normalized spacial score (nSPS) is 14.1. The van der Waals surface area contributed by atoms with Gasteiger partial charge in [-0.25, -0.2) is 19.7 Å². The third kappa shape index (κ3) is 1.69. The molecule has 0 unspecified atom stereocenters. The Morgan fingerprint density at radius 2 is 2.17 bits per heavy atom. The van der Waals surface area contributed by atoms with E-state index in [2.05, 4.69) is 15.3 Å². The number of nitrogens with one attached hydrogen (secondary N) is 1. The number of rotatable bonds is 1. The second kappa shape index (κ2) is 4.27. The first kappa shape index (κ1) is 11.0. The molecule has 0 bridgehead atoms. The molecular formula is C12H9ClN4O. The summed E-state index contributed by atoms with van der Waals surface area (Å²) in [5, 5.41) is 3.26. The molecule has 0 spiro atoms. The molecule has 1 aliphatic rings. The number of hydrogen-bond donors (Lipinski definition) is 1. The number of urea groups is 1. The lowest BCUT2D eigenvalue weighted by Gasteiger charge is -2.28. The summed E-state index contributed by atoms with van der Waals surface area (Å²) >= 11 is 6.12. The molecule has 90 valence electrons. The van der Waals surface area contributed by atoms with E-state index >= 15 is 0 Å². The fraction of sp³-hybridized carbons (Fsp3) is 0.0833. The number of para-hydroxylation sites is 1. The number of benzene rings is 1. The van der Waals surface area contributed by atoms with Crippen LogP contribution in [-0.2, 0) is 6.54 Å². The van der Waals surface area contributed by atoms with Crippen molar-refractivity contribution in [2.24, 2.45) is 0 Å². The lowest BCUT2D eigenvalue weighted by molar-refractivity contribution is 0.247. The predicted octanol–water partition coefficient (Wildman–Crippen LogP) is 2.49. The van der Waals surface area contributed by atoms with E-state index in [0.29, 0.717) is 23.1 Å². The van der Waals surface area contributed by atoms with Gasteiger partial charge in [-0.15, -0.1) is 0 Å². The van der Waals surface area contributed by atoms with E-state index in [1.807, 2.05) is 12.1 Å². The SMILES string of the molecule is O=C1NCc2cncnc2N1c1ccccc1Cl. The number of carbonyl (C=O) groups is 1. The minimum Gasteiger partial charge on any atom is -0.333 e. The Balaban J connectivity index is 2.17. The lowest BCUT2D eigenvalue weighted by atomic mass is 10.2. The lowest BCUT2D eigenvalue weighted by Crippen LogP contribution is -2.41. The van der Waals surface area contributed by atoms with Crippen LogP contribution in [0.5, 0.6) is 0 Å². The highest BCUT2D eigenvalue weighted by Crippen LogP contribution is 2.33. The van der Waals surface area contributed by atoms with E-state index in [1.165, 1.54) is 11.2 Å². The molecule has 2 heterocycles. The number of carbonyl (C=O) groups excluding carboxylic acids is 1. The monoisotopic (exact) mass is 260 g/mol. The molecule has 1 aliphatic heterocycles. The van der Waals surface area contributed by atoms with Crippen LogP contribution in [0.2, 0.25) is 5.02 Å². The van der Waals surface area contributed by atoms with Gasteiger partial charge in [-0.3, -0.25) is 0 Å². The standard InChI is InChI=1S/C12H9ClN4O/c13-9-3-1-2-4-10(9)17-11-8(5-14-7-16-11)6-15-12(17)18/h1-5,7H,6H2,(H,15,18). The molecule has 18 heavy (non-hydrogen) atoms. The van der Waals surface area contributed by atoms with Crippen LogP contribution in [0.1, 0.15) is 5.56 Å². The second-order valence-electron chi connectivity index (χ2n) is 3.82. The van der Waals surface area contributed by atoms with Crippen molar-refractivity contribution in [2.75, 3.05) is 4.90 Å². The van der Waals surface area contributed by atoms with Crippen LogP contribution in [0.3, 0.4) is 0 Å². The maximum Gasteiger partial charge on any atom is 0.328 e. The van der Waals surface area contributed by atoms with Crippen molar-refractivity contribution in [3.8, 4) is 0 Å². The Morgan fingerprint density at radius 3 is 3.00 bits per heavy atom. The number of nitrogens with zero attached hydrogens (tertiary/aromatic N) is 3. The van der Waals surface area contributed by atoms with E-state index in [-0.39, 0.29) is 6.03 Å². The summed E-state index contributed by atoms with van der Waals surface area (Å²) < 4.78 is 0. The molecule has 2 amide bonds. The number of halogens is 1. The van der Waals surface area contributed by atoms with Crippen LogP contribution in [0.25, 0.3) is 0 Å². The topological polar surface area (TPSA) is 58.1 Å². The molecule has 0 fully saturated rings. The van der Waals surface area contributed by atoms with Crippen LogP contribution in [0.15, 0.2) is 36.8 Å². The van der Waals surface area contributed by atoms with Crippen molar-refractivity contribution in [1.29, 1.82) is 0 Å². The van der Waals surface area contributed by atoms with E-state index in [4.69, 9.17) is 11.6 Å². The highest BCUT2D eigenvalue weighted by Gasteiger charge is 2.27. The highest BCUT2D eigenvalue weighted by molar-refractivity contribution is 6.34. The Labute approximate surface area is 108 Å². The summed E-state index contributed by atoms with van der Waals surface area (Å²) in [5.74, 6) is 0.571. The van der Waals surface area contributed by atoms with Gasteiger partial charge in [0.1, 0.15) is 12.1 Å². The van der Waals surface area contributed by atoms with E-state index in [0.717, 1.165) is 5.56 Å². The van der Waals surface area contributed by atoms with Crippen LogP contribution in [-0.4, -0.2) is 16.0 Å².